The smallest absolute Gasteiger partial charge is 0.224 e. The number of aryl methyl sites for hydroxylation is 2. The van der Waals surface area contributed by atoms with Crippen molar-refractivity contribution in [3.8, 4) is 0 Å². The van der Waals surface area contributed by atoms with E-state index < -0.39 is 0 Å². The Labute approximate surface area is 129 Å². The zero-order chi connectivity index (χ0) is 15.5. The summed E-state index contributed by atoms with van der Waals surface area (Å²) < 4.78 is 0. The molecule has 0 fully saturated rings. The highest BCUT2D eigenvalue weighted by molar-refractivity contribution is 5.83. The van der Waals surface area contributed by atoms with Gasteiger partial charge in [0.1, 0.15) is 0 Å². The molecular formula is C18H21N3O. The minimum atomic E-state index is 0.0712. The lowest BCUT2D eigenvalue weighted by molar-refractivity contribution is -0.120. The second-order valence-electron chi connectivity index (χ2n) is 5.74. The Morgan fingerprint density at radius 2 is 2.00 bits per heavy atom. The van der Waals surface area contributed by atoms with E-state index in [1.165, 1.54) is 10.9 Å². The molecule has 3 N–H and O–H groups in total. The first-order valence-corrected chi connectivity index (χ1v) is 7.60. The lowest BCUT2D eigenvalue weighted by atomic mass is 10.1. The molecule has 0 aliphatic heterocycles. The normalized spacial score (nSPS) is 11.0. The molecule has 1 amide bonds. The Morgan fingerprint density at radius 1 is 1.18 bits per heavy atom. The van der Waals surface area contributed by atoms with Gasteiger partial charge in [-0.2, -0.15) is 0 Å². The third-order valence-corrected chi connectivity index (χ3v) is 4.00. The largest absolute Gasteiger partial charge is 0.362 e. The molecule has 22 heavy (non-hydrogen) atoms. The van der Waals surface area contributed by atoms with Crippen LogP contribution in [-0.4, -0.2) is 22.4 Å². The van der Waals surface area contributed by atoms with E-state index in [2.05, 4.69) is 27.4 Å². The second-order valence-corrected chi connectivity index (χ2v) is 5.74. The number of amides is 1. The van der Waals surface area contributed by atoms with E-state index in [-0.39, 0.29) is 5.91 Å². The molecule has 4 nitrogen and oxygen atoms in total. The summed E-state index contributed by atoms with van der Waals surface area (Å²) in [6, 6.07) is 10.3. The number of aromatic nitrogens is 2. The van der Waals surface area contributed by atoms with Crippen molar-refractivity contribution in [2.24, 2.45) is 0 Å². The number of aromatic amines is 2. The number of hydrogen-bond donors (Lipinski definition) is 3. The Hall–Kier alpha value is -2.49. The van der Waals surface area contributed by atoms with Crippen molar-refractivity contribution in [2.75, 3.05) is 6.54 Å². The molecule has 4 heteroatoms. The molecule has 3 rings (SSSR count). The van der Waals surface area contributed by atoms with Gasteiger partial charge in [-0.1, -0.05) is 18.2 Å². The van der Waals surface area contributed by atoms with Gasteiger partial charge < -0.3 is 15.3 Å². The van der Waals surface area contributed by atoms with Gasteiger partial charge in [0.2, 0.25) is 5.91 Å². The highest BCUT2D eigenvalue weighted by Crippen LogP contribution is 2.17. The van der Waals surface area contributed by atoms with Crippen LogP contribution in [0.2, 0.25) is 0 Å². The van der Waals surface area contributed by atoms with E-state index in [1.807, 2.05) is 38.2 Å². The third-order valence-electron chi connectivity index (χ3n) is 4.00. The number of fused-ring (bicyclic) bond motifs is 1. The predicted octanol–water partition coefficient (Wildman–Crippen LogP) is 3.01. The maximum absolute atomic E-state index is 12.0. The van der Waals surface area contributed by atoms with E-state index in [9.17, 15) is 4.79 Å². The molecule has 0 spiro atoms. The minimum Gasteiger partial charge on any atom is -0.362 e. The highest BCUT2D eigenvalue weighted by Gasteiger charge is 2.08. The van der Waals surface area contributed by atoms with E-state index in [0.717, 1.165) is 28.9 Å². The zero-order valence-electron chi connectivity index (χ0n) is 13.0. The average molecular weight is 295 g/mol. The van der Waals surface area contributed by atoms with Crippen LogP contribution in [0.3, 0.4) is 0 Å². The van der Waals surface area contributed by atoms with Gasteiger partial charge >= 0.3 is 0 Å². The summed E-state index contributed by atoms with van der Waals surface area (Å²) in [6.07, 6.45) is 3.29. The van der Waals surface area contributed by atoms with Gasteiger partial charge in [-0.15, -0.1) is 0 Å². The highest BCUT2D eigenvalue weighted by atomic mass is 16.1. The fourth-order valence-electron chi connectivity index (χ4n) is 2.88. The molecule has 0 bridgehead atoms. The molecule has 114 valence electrons. The standard InChI is InChI=1S/C18H21N3O/c1-12-9-15(13(2)21-12)10-18(22)19-8-7-14-11-20-17-6-4-3-5-16(14)17/h3-6,9,11,20-21H,7-8,10H2,1-2H3,(H,19,22). The van der Waals surface area contributed by atoms with E-state index in [0.29, 0.717) is 13.0 Å². The molecular weight excluding hydrogens is 274 g/mol. The van der Waals surface area contributed by atoms with E-state index >= 15 is 0 Å². The number of H-pyrrole nitrogens is 2. The van der Waals surface area contributed by atoms with Crippen molar-refractivity contribution in [3.05, 3.63) is 59.0 Å². The number of nitrogens with one attached hydrogen (secondary N) is 3. The topological polar surface area (TPSA) is 60.7 Å². The van der Waals surface area contributed by atoms with Crippen LogP contribution in [-0.2, 0) is 17.6 Å². The van der Waals surface area contributed by atoms with Crippen LogP contribution in [0.5, 0.6) is 0 Å². The van der Waals surface area contributed by atoms with Gasteiger partial charge in [0.25, 0.3) is 0 Å². The van der Waals surface area contributed by atoms with Crippen LogP contribution in [0.15, 0.2) is 36.5 Å². The first-order valence-electron chi connectivity index (χ1n) is 7.60. The molecule has 0 radical (unpaired) electrons. The van der Waals surface area contributed by atoms with Gasteiger partial charge in [-0.05, 0) is 43.5 Å². The van der Waals surface area contributed by atoms with Crippen LogP contribution < -0.4 is 5.32 Å². The number of para-hydroxylation sites is 1. The summed E-state index contributed by atoms with van der Waals surface area (Å²) in [5, 5.41) is 4.23. The number of hydrogen-bond acceptors (Lipinski definition) is 1. The van der Waals surface area contributed by atoms with Crippen molar-refractivity contribution in [1.29, 1.82) is 0 Å². The number of benzene rings is 1. The third kappa shape index (κ3) is 3.06. The van der Waals surface area contributed by atoms with Gasteiger partial charge in [-0.25, -0.2) is 0 Å². The Bertz CT molecular complexity index is 798. The number of rotatable bonds is 5. The average Bonchev–Trinajstić information content (AvgIpc) is 3.03. The number of carbonyl (C=O) groups is 1. The molecule has 0 saturated heterocycles. The Kier molecular flexibility index (Phi) is 4.00. The molecule has 2 aromatic heterocycles. The summed E-state index contributed by atoms with van der Waals surface area (Å²) in [7, 11) is 0. The fraction of sp³-hybridized carbons (Fsp3) is 0.278. The predicted molar refractivity (Wildman–Crippen MR) is 89.0 cm³/mol. The molecule has 1 aromatic carbocycles. The molecule has 0 aliphatic carbocycles. The molecule has 2 heterocycles. The van der Waals surface area contributed by atoms with Crippen LogP contribution in [0, 0.1) is 13.8 Å². The lowest BCUT2D eigenvalue weighted by Crippen LogP contribution is -2.27. The van der Waals surface area contributed by atoms with Crippen molar-refractivity contribution in [1.82, 2.24) is 15.3 Å². The van der Waals surface area contributed by atoms with Gasteiger partial charge in [0.05, 0.1) is 6.42 Å². The quantitative estimate of drug-likeness (QED) is 0.666. The Morgan fingerprint density at radius 3 is 2.77 bits per heavy atom. The van der Waals surface area contributed by atoms with Gasteiger partial charge in [-0.3, -0.25) is 4.79 Å². The van der Waals surface area contributed by atoms with Crippen LogP contribution in [0.1, 0.15) is 22.5 Å². The van der Waals surface area contributed by atoms with Crippen LogP contribution in [0.4, 0.5) is 0 Å². The summed E-state index contributed by atoms with van der Waals surface area (Å²) >= 11 is 0. The summed E-state index contributed by atoms with van der Waals surface area (Å²) in [6.45, 7) is 4.66. The van der Waals surface area contributed by atoms with Crippen LogP contribution >= 0.6 is 0 Å². The number of carbonyl (C=O) groups excluding carboxylic acids is 1. The summed E-state index contributed by atoms with van der Waals surface area (Å²) in [5.41, 5.74) is 5.62. The summed E-state index contributed by atoms with van der Waals surface area (Å²) in [5.74, 6) is 0.0712. The van der Waals surface area contributed by atoms with Crippen molar-refractivity contribution < 1.29 is 4.79 Å². The maximum atomic E-state index is 12.0. The molecule has 0 atom stereocenters. The molecule has 0 unspecified atom stereocenters. The molecule has 0 aliphatic rings. The van der Waals surface area contributed by atoms with Gasteiger partial charge in [0.15, 0.2) is 0 Å². The Balaban J connectivity index is 1.54. The maximum Gasteiger partial charge on any atom is 0.224 e. The molecule has 3 aromatic rings. The zero-order valence-corrected chi connectivity index (χ0v) is 13.0. The van der Waals surface area contributed by atoms with Crippen molar-refractivity contribution >= 4 is 16.8 Å². The van der Waals surface area contributed by atoms with E-state index in [1.54, 1.807) is 0 Å². The van der Waals surface area contributed by atoms with Crippen LogP contribution in [0.25, 0.3) is 10.9 Å². The van der Waals surface area contributed by atoms with E-state index in [4.69, 9.17) is 0 Å². The summed E-state index contributed by atoms with van der Waals surface area (Å²) in [4.78, 5) is 18.5. The lowest BCUT2D eigenvalue weighted by Gasteiger charge is -2.05. The SMILES string of the molecule is Cc1cc(CC(=O)NCCc2c[nH]c3ccccc23)c(C)[nH]1. The molecule has 0 saturated carbocycles. The minimum absolute atomic E-state index is 0.0712. The second kappa shape index (κ2) is 6.10. The van der Waals surface area contributed by atoms with Gasteiger partial charge in [0, 0.05) is 35.0 Å². The van der Waals surface area contributed by atoms with Crippen molar-refractivity contribution in [2.45, 2.75) is 26.7 Å². The fourth-order valence-corrected chi connectivity index (χ4v) is 2.88. The van der Waals surface area contributed by atoms with Crippen molar-refractivity contribution in [3.63, 3.8) is 0 Å². The first-order chi connectivity index (χ1) is 10.6. The monoisotopic (exact) mass is 295 g/mol. The first kappa shape index (κ1) is 14.4.